The van der Waals surface area contributed by atoms with Crippen LogP contribution in [0, 0.1) is 0 Å². The van der Waals surface area contributed by atoms with Crippen molar-refractivity contribution in [1.29, 1.82) is 0 Å². The van der Waals surface area contributed by atoms with Crippen molar-refractivity contribution in [1.82, 2.24) is 19.2 Å². The fraction of sp³-hybridized carbons (Fsp3) is 0.200. The standard InChI is InChI=1S/C20H18N6OS2/c27-19(23-18-21-15-8-4-5-9-16(15)28-18)25-10-12-26(13-11-25)20-22-17(24-29-20)14-6-2-1-3-7-14/h1-9H,10-13H2,(H,21,23,27). The van der Waals surface area contributed by atoms with E-state index < -0.39 is 0 Å². The van der Waals surface area contributed by atoms with Crippen LogP contribution in [-0.2, 0) is 0 Å². The molecule has 0 bridgehead atoms. The number of hydrogen-bond acceptors (Lipinski definition) is 7. The summed E-state index contributed by atoms with van der Waals surface area (Å²) in [4.78, 5) is 25.8. The zero-order valence-electron chi connectivity index (χ0n) is 15.5. The summed E-state index contributed by atoms with van der Waals surface area (Å²) >= 11 is 2.89. The van der Waals surface area contributed by atoms with Crippen molar-refractivity contribution < 1.29 is 4.79 Å². The molecule has 0 unspecified atom stereocenters. The molecule has 1 saturated heterocycles. The van der Waals surface area contributed by atoms with Gasteiger partial charge in [0.2, 0.25) is 5.13 Å². The lowest BCUT2D eigenvalue weighted by molar-refractivity contribution is 0.208. The number of rotatable bonds is 3. The van der Waals surface area contributed by atoms with Crippen LogP contribution in [0.2, 0.25) is 0 Å². The monoisotopic (exact) mass is 422 g/mol. The Kier molecular flexibility index (Phi) is 4.82. The Labute approximate surface area is 175 Å². The molecule has 4 aromatic rings. The topological polar surface area (TPSA) is 74.2 Å². The Bertz CT molecular complexity index is 1100. The van der Waals surface area contributed by atoms with Gasteiger partial charge in [-0.2, -0.15) is 9.36 Å². The van der Waals surface area contributed by atoms with Gasteiger partial charge in [0.15, 0.2) is 11.0 Å². The molecule has 29 heavy (non-hydrogen) atoms. The molecule has 2 aromatic carbocycles. The summed E-state index contributed by atoms with van der Waals surface area (Å²) in [7, 11) is 0. The first-order valence-electron chi connectivity index (χ1n) is 9.32. The van der Waals surface area contributed by atoms with Gasteiger partial charge >= 0.3 is 6.03 Å². The molecule has 0 atom stereocenters. The maximum atomic E-state index is 12.6. The largest absolute Gasteiger partial charge is 0.343 e. The molecule has 7 nitrogen and oxygen atoms in total. The van der Waals surface area contributed by atoms with Gasteiger partial charge in [-0.05, 0) is 12.1 Å². The number of urea groups is 1. The maximum absolute atomic E-state index is 12.6. The van der Waals surface area contributed by atoms with Crippen molar-refractivity contribution in [2.24, 2.45) is 0 Å². The van der Waals surface area contributed by atoms with E-state index in [0.717, 1.165) is 39.8 Å². The van der Waals surface area contributed by atoms with E-state index in [0.29, 0.717) is 18.2 Å². The van der Waals surface area contributed by atoms with Crippen molar-refractivity contribution in [3.8, 4) is 11.4 Å². The van der Waals surface area contributed by atoms with Crippen LogP contribution in [0.4, 0.5) is 15.1 Å². The summed E-state index contributed by atoms with van der Waals surface area (Å²) in [6, 6.07) is 17.7. The molecule has 5 rings (SSSR count). The number of piperazine rings is 1. The Balaban J connectivity index is 1.20. The number of nitrogens with zero attached hydrogens (tertiary/aromatic N) is 5. The lowest BCUT2D eigenvalue weighted by Crippen LogP contribution is -2.50. The molecule has 1 aliphatic heterocycles. The summed E-state index contributed by atoms with van der Waals surface area (Å²) in [6.07, 6.45) is 0. The molecule has 146 valence electrons. The quantitative estimate of drug-likeness (QED) is 0.536. The second kappa shape index (κ2) is 7.76. The number of fused-ring (bicyclic) bond motifs is 1. The van der Waals surface area contributed by atoms with E-state index in [1.54, 1.807) is 0 Å². The van der Waals surface area contributed by atoms with E-state index in [1.807, 2.05) is 59.5 Å². The van der Waals surface area contributed by atoms with Crippen LogP contribution in [0.3, 0.4) is 0 Å². The minimum Gasteiger partial charge on any atom is -0.343 e. The predicted molar refractivity (Wildman–Crippen MR) is 118 cm³/mol. The molecular formula is C20H18N6OS2. The normalized spacial score (nSPS) is 14.3. The Morgan fingerprint density at radius 3 is 2.48 bits per heavy atom. The summed E-state index contributed by atoms with van der Waals surface area (Å²) in [5.74, 6) is 0.751. The molecule has 0 saturated carbocycles. The molecule has 9 heteroatoms. The van der Waals surface area contributed by atoms with Gasteiger partial charge in [-0.1, -0.05) is 53.8 Å². The highest BCUT2D eigenvalue weighted by molar-refractivity contribution is 7.22. The van der Waals surface area contributed by atoms with Crippen LogP contribution in [0.15, 0.2) is 54.6 Å². The van der Waals surface area contributed by atoms with Gasteiger partial charge < -0.3 is 9.80 Å². The van der Waals surface area contributed by atoms with Gasteiger partial charge in [0.1, 0.15) is 0 Å². The van der Waals surface area contributed by atoms with E-state index in [4.69, 9.17) is 0 Å². The molecular weight excluding hydrogens is 404 g/mol. The molecule has 2 aromatic heterocycles. The molecule has 1 aliphatic rings. The van der Waals surface area contributed by atoms with E-state index in [2.05, 4.69) is 24.6 Å². The zero-order chi connectivity index (χ0) is 19.6. The lowest BCUT2D eigenvalue weighted by Gasteiger charge is -2.34. The average Bonchev–Trinajstić information content (AvgIpc) is 3.41. The number of para-hydroxylation sites is 1. The SMILES string of the molecule is O=C(Nc1nc2ccccc2s1)N1CCN(c2nc(-c3ccccc3)ns2)CC1. The van der Waals surface area contributed by atoms with E-state index in [-0.39, 0.29) is 6.03 Å². The summed E-state index contributed by atoms with van der Waals surface area (Å²) in [6.45, 7) is 2.74. The average molecular weight is 423 g/mol. The summed E-state index contributed by atoms with van der Waals surface area (Å²) in [5, 5.41) is 4.46. The van der Waals surface area contributed by atoms with Crippen molar-refractivity contribution in [3.05, 3.63) is 54.6 Å². The molecule has 0 radical (unpaired) electrons. The summed E-state index contributed by atoms with van der Waals surface area (Å²) < 4.78 is 5.55. The van der Waals surface area contributed by atoms with Gasteiger partial charge in [-0.3, -0.25) is 5.32 Å². The van der Waals surface area contributed by atoms with Crippen molar-refractivity contribution in [3.63, 3.8) is 0 Å². The third-order valence-corrected chi connectivity index (χ3v) is 6.52. The van der Waals surface area contributed by atoms with Gasteiger partial charge in [0.25, 0.3) is 0 Å². The van der Waals surface area contributed by atoms with Crippen LogP contribution < -0.4 is 10.2 Å². The van der Waals surface area contributed by atoms with Crippen LogP contribution in [0.25, 0.3) is 21.6 Å². The Hall–Kier alpha value is -3.04. The molecule has 0 spiro atoms. The van der Waals surface area contributed by atoms with Gasteiger partial charge in [-0.15, -0.1) is 0 Å². The highest BCUT2D eigenvalue weighted by atomic mass is 32.1. The van der Waals surface area contributed by atoms with E-state index in [1.165, 1.54) is 22.9 Å². The second-order valence-electron chi connectivity index (χ2n) is 6.66. The number of thiazole rings is 1. The zero-order valence-corrected chi connectivity index (χ0v) is 17.1. The Morgan fingerprint density at radius 1 is 0.931 bits per heavy atom. The first-order valence-corrected chi connectivity index (χ1v) is 10.9. The number of benzene rings is 2. The van der Waals surface area contributed by atoms with Crippen LogP contribution in [0.5, 0.6) is 0 Å². The first-order chi connectivity index (χ1) is 14.3. The highest BCUT2D eigenvalue weighted by Crippen LogP contribution is 2.27. The summed E-state index contributed by atoms with van der Waals surface area (Å²) in [5.41, 5.74) is 1.92. The smallest absolute Gasteiger partial charge is 0.323 e. The van der Waals surface area contributed by atoms with E-state index in [9.17, 15) is 4.79 Å². The second-order valence-corrected chi connectivity index (χ2v) is 8.42. The van der Waals surface area contributed by atoms with Crippen LogP contribution in [0.1, 0.15) is 0 Å². The highest BCUT2D eigenvalue weighted by Gasteiger charge is 2.24. The molecule has 1 N–H and O–H groups in total. The minimum atomic E-state index is -0.106. The maximum Gasteiger partial charge on any atom is 0.323 e. The fourth-order valence-corrected chi connectivity index (χ4v) is 4.84. The predicted octanol–water partition coefficient (Wildman–Crippen LogP) is 4.17. The van der Waals surface area contributed by atoms with Crippen molar-refractivity contribution >= 4 is 49.4 Å². The number of anilines is 2. The lowest BCUT2D eigenvalue weighted by atomic mass is 10.2. The number of aromatic nitrogens is 3. The van der Waals surface area contributed by atoms with E-state index >= 15 is 0 Å². The number of nitrogens with one attached hydrogen (secondary N) is 1. The third kappa shape index (κ3) is 3.79. The number of amides is 2. The van der Waals surface area contributed by atoms with Gasteiger partial charge in [0.05, 0.1) is 10.2 Å². The molecule has 2 amide bonds. The molecule has 0 aliphatic carbocycles. The van der Waals surface area contributed by atoms with Crippen LogP contribution in [-0.4, -0.2) is 51.5 Å². The first kappa shape index (κ1) is 18.0. The van der Waals surface area contributed by atoms with Crippen molar-refractivity contribution in [2.45, 2.75) is 0 Å². The number of hydrogen-bond donors (Lipinski definition) is 1. The Morgan fingerprint density at radius 2 is 1.69 bits per heavy atom. The molecule has 1 fully saturated rings. The molecule has 3 heterocycles. The third-order valence-electron chi connectivity index (χ3n) is 4.79. The van der Waals surface area contributed by atoms with Crippen LogP contribution >= 0.6 is 22.9 Å². The van der Waals surface area contributed by atoms with Gasteiger partial charge in [-0.25, -0.2) is 9.78 Å². The number of carbonyl (C=O) groups is 1. The van der Waals surface area contributed by atoms with Crippen molar-refractivity contribution in [2.75, 3.05) is 36.4 Å². The fourth-order valence-electron chi connectivity index (χ4n) is 3.25. The minimum absolute atomic E-state index is 0.106. The van der Waals surface area contributed by atoms with Gasteiger partial charge in [0, 0.05) is 43.3 Å². The number of carbonyl (C=O) groups excluding carboxylic acids is 1.